The van der Waals surface area contributed by atoms with Crippen LogP contribution in [0.5, 0.6) is 11.5 Å². The normalized spacial score (nSPS) is 12.7. The van der Waals surface area contributed by atoms with Crippen molar-refractivity contribution in [1.82, 2.24) is 15.4 Å². The van der Waals surface area contributed by atoms with Crippen molar-refractivity contribution in [3.05, 3.63) is 69.9 Å². The summed E-state index contributed by atoms with van der Waals surface area (Å²) < 4.78 is 10.9. The molecule has 0 atom stereocenters. The Bertz CT molecular complexity index is 1210. The summed E-state index contributed by atoms with van der Waals surface area (Å²) in [5.74, 6) is 2.54. The highest BCUT2D eigenvalue weighted by Crippen LogP contribution is 2.35. The number of fused-ring (bicyclic) bond motifs is 1. The molecular formula is C25H27ClN4O4S. The van der Waals surface area contributed by atoms with Gasteiger partial charge in [0.1, 0.15) is 11.0 Å². The molecule has 1 aliphatic rings. The Morgan fingerprint density at radius 3 is 2.63 bits per heavy atom. The molecule has 0 spiro atoms. The van der Waals surface area contributed by atoms with Gasteiger partial charge < -0.3 is 14.4 Å². The average molecular weight is 515 g/mol. The predicted molar refractivity (Wildman–Crippen MR) is 136 cm³/mol. The van der Waals surface area contributed by atoms with E-state index >= 15 is 0 Å². The van der Waals surface area contributed by atoms with Gasteiger partial charge in [0, 0.05) is 30.5 Å². The number of carbonyl (C=O) groups excluding carboxylic acids is 1. The molecule has 184 valence electrons. The molecule has 0 bridgehead atoms. The standard InChI is InChI=1S/C25H27ClN4O4S/c1-4-34-29-24(31)18-7-5-6-16(10-18)15-35-25-27-22(26)13-23(28-25)30-9-8-17-11-20(32-2)21(33-3)12-19(17)14-30/h5-7,10-13H,4,8-9,14-15H2,1-3H3,(H,29,31). The van der Waals surface area contributed by atoms with Crippen LogP contribution in [-0.4, -0.2) is 43.2 Å². The van der Waals surface area contributed by atoms with E-state index in [9.17, 15) is 4.79 Å². The molecule has 2 aromatic carbocycles. The Balaban J connectivity index is 1.47. The first kappa shape index (κ1) is 25.1. The number of methoxy groups -OCH3 is 2. The molecule has 1 N–H and O–H groups in total. The van der Waals surface area contributed by atoms with Gasteiger partial charge in [0.25, 0.3) is 5.91 Å². The van der Waals surface area contributed by atoms with E-state index in [0.717, 1.165) is 30.1 Å². The minimum absolute atomic E-state index is 0.278. The van der Waals surface area contributed by atoms with Gasteiger partial charge in [0.05, 0.1) is 20.8 Å². The van der Waals surface area contributed by atoms with E-state index in [1.54, 1.807) is 26.4 Å². The molecule has 0 unspecified atom stereocenters. The number of hydrogen-bond donors (Lipinski definition) is 1. The monoisotopic (exact) mass is 514 g/mol. The quantitative estimate of drug-likeness (QED) is 0.191. The summed E-state index contributed by atoms with van der Waals surface area (Å²) in [6, 6.07) is 13.2. The number of rotatable bonds is 9. The molecule has 1 aliphatic heterocycles. The highest BCUT2D eigenvalue weighted by molar-refractivity contribution is 7.98. The number of amides is 1. The molecule has 0 saturated carbocycles. The maximum atomic E-state index is 12.2. The lowest BCUT2D eigenvalue weighted by Crippen LogP contribution is -2.31. The molecule has 1 amide bonds. The van der Waals surface area contributed by atoms with Crippen molar-refractivity contribution < 1.29 is 19.1 Å². The Morgan fingerprint density at radius 1 is 1.11 bits per heavy atom. The third-order valence-corrected chi connectivity index (χ3v) is 6.68. The lowest BCUT2D eigenvalue weighted by molar-refractivity contribution is 0.0364. The van der Waals surface area contributed by atoms with Gasteiger partial charge in [-0.3, -0.25) is 9.63 Å². The summed E-state index contributed by atoms with van der Waals surface area (Å²) in [4.78, 5) is 28.5. The number of halogens is 1. The molecule has 1 aromatic heterocycles. The molecule has 0 saturated heterocycles. The van der Waals surface area contributed by atoms with Crippen LogP contribution in [0.2, 0.25) is 5.15 Å². The van der Waals surface area contributed by atoms with Gasteiger partial charge in [-0.25, -0.2) is 15.4 Å². The molecule has 2 heterocycles. The van der Waals surface area contributed by atoms with Crippen LogP contribution in [0.1, 0.15) is 34.0 Å². The second-order valence-corrected chi connectivity index (χ2v) is 9.16. The Morgan fingerprint density at radius 2 is 1.89 bits per heavy atom. The molecule has 0 aliphatic carbocycles. The van der Waals surface area contributed by atoms with E-state index in [2.05, 4.69) is 15.4 Å². The van der Waals surface area contributed by atoms with Crippen molar-refractivity contribution in [3.8, 4) is 11.5 Å². The summed E-state index contributed by atoms with van der Waals surface area (Å²) in [5.41, 5.74) is 6.32. The minimum atomic E-state index is -0.278. The maximum Gasteiger partial charge on any atom is 0.274 e. The van der Waals surface area contributed by atoms with Gasteiger partial charge >= 0.3 is 0 Å². The number of nitrogens with zero attached hydrogens (tertiary/aromatic N) is 3. The van der Waals surface area contributed by atoms with Gasteiger partial charge in [-0.1, -0.05) is 35.5 Å². The van der Waals surface area contributed by atoms with Gasteiger partial charge in [0.15, 0.2) is 16.7 Å². The number of thioether (sulfide) groups is 1. The van der Waals surface area contributed by atoms with Crippen molar-refractivity contribution >= 4 is 35.1 Å². The largest absolute Gasteiger partial charge is 0.493 e. The molecule has 8 nitrogen and oxygen atoms in total. The Kier molecular flexibility index (Phi) is 8.33. The van der Waals surface area contributed by atoms with Crippen LogP contribution in [0.15, 0.2) is 47.6 Å². The fourth-order valence-corrected chi connectivity index (χ4v) is 4.86. The van der Waals surface area contributed by atoms with E-state index < -0.39 is 0 Å². The van der Waals surface area contributed by atoms with Crippen LogP contribution >= 0.6 is 23.4 Å². The van der Waals surface area contributed by atoms with Gasteiger partial charge in [-0.2, -0.15) is 0 Å². The number of benzene rings is 2. The topological polar surface area (TPSA) is 85.8 Å². The second-order valence-electron chi connectivity index (χ2n) is 7.83. The highest BCUT2D eigenvalue weighted by Gasteiger charge is 2.21. The summed E-state index contributed by atoms with van der Waals surface area (Å²) in [6.07, 6.45) is 0.858. The number of anilines is 1. The zero-order chi connectivity index (χ0) is 24.8. The Hall–Kier alpha value is -3.01. The first-order valence-electron chi connectivity index (χ1n) is 11.2. The van der Waals surface area contributed by atoms with Crippen molar-refractivity contribution in [2.75, 3.05) is 32.3 Å². The number of ether oxygens (including phenoxy) is 2. The third-order valence-electron chi connectivity index (χ3n) is 5.57. The van der Waals surface area contributed by atoms with Crippen LogP contribution in [0.4, 0.5) is 5.82 Å². The number of carbonyl (C=O) groups is 1. The summed E-state index contributed by atoms with van der Waals surface area (Å²) in [7, 11) is 3.28. The van der Waals surface area contributed by atoms with Gasteiger partial charge in [0.2, 0.25) is 0 Å². The molecule has 0 fully saturated rings. The van der Waals surface area contributed by atoms with E-state index in [1.165, 1.54) is 22.9 Å². The average Bonchev–Trinajstić information content (AvgIpc) is 2.89. The van der Waals surface area contributed by atoms with E-state index in [-0.39, 0.29) is 5.91 Å². The summed E-state index contributed by atoms with van der Waals surface area (Å²) in [5, 5.41) is 0.968. The van der Waals surface area contributed by atoms with Gasteiger partial charge in [-0.15, -0.1) is 0 Å². The maximum absolute atomic E-state index is 12.2. The molecule has 4 rings (SSSR count). The van der Waals surface area contributed by atoms with Crippen LogP contribution in [0.25, 0.3) is 0 Å². The first-order chi connectivity index (χ1) is 17.0. The molecule has 35 heavy (non-hydrogen) atoms. The number of hydroxylamine groups is 1. The SMILES string of the molecule is CCONC(=O)c1cccc(CSc2nc(Cl)cc(N3CCc4cc(OC)c(OC)cc4C3)n2)c1. The van der Waals surface area contributed by atoms with E-state index in [0.29, 0.717) is 40.5 Å². The van der Waals surface area contributed by atoms with E-state index in [4.69, 9.17) is 30.9 Å². The van der Waals surface area contributed by atoms with Crippen molar-refractivity contribution in [1.29, 1.82) is 0 Å². The van der Waals surface area contributed by atoms with Crippen LogP contribution in [0, 0.1) is 0 Å². The van der Waals surface area contributed by atoms with Crippen molar-refractivity contribution in [2.24, 2.45) is 0 Å². The predicted octanol–water partition coefficient (Wildman–Crippen LogP) is 4.68. The van der Waals surface area contributed by atoms with Crippen LogP contribution in [0.3, 0.4) is 0 Å². The van der Waals surface area contributed by atoms with E-state index in [1.807, 2.05) is 37.3 Å². The zero-order valence-electron chi connectivity index (χ0n) is 19.8. The fourth-order valence-electron chi connectivity index (χ4n) is 3.84. The van der Waals surface area contributed by atoms with Gasteiger partial charge in [-0.05, 0) is 54.3 Å². The zero-order valence-corrected chi connectivity index (χ0v) is 21.4. The lowest BCUT2D eigenvalue weighted by Gasteiger charge is -2.30. The molecule has 0 radical (unpaired) electrons. The number of nitrogens with one attached hydrogen (secondary N) is 1. The second kappa shape index (κ2) is 11.6. The van der Waals surface area contributed by atoms with Crippen LogP contribution in [-0.2, 0) is 23.6 Å². The summed E-state index contributed by atoms with van der Waals surface area (Å²) in [6.45, 7) is 3.70. The van der Waals surface area contributed by atoms with Crippen LogP contribution < -0.4 is 19.9 Å². The lowest BCUT2D eigenvalue weighted by atomic mass is 9.99. The minimum Gasteiger partial charge on any atom is -0.493 e. The third kappa shape index (κ3) is 6.17. The smallest absolute Gasteiger partial charge is 0.274 e. The first-order valence-corrected chi connectivity index (χ1v) is 12.5. The highest BCUT2D eigenvalue weighted by atomic mass is 35.5. The number of hydrogen-bond acceptors (Lipinski definition) is 8. The molecule has 10 heteroatoms. The summed E-state index contributed by atoms with van der Waals surface area (Å²) >= 11 is 7.83. The number of aromatic nitrogens is 2. The fraction of sp³-hybridized carbons (Fsp3) is 0.320. The van der Waals surface area contributed by atoms with Crippen molar-refractivity contribution in [2.45, 2.75) is 30.8 Å². The molecule has 3 aromatic rings. The Labute approximate surface area is 213 Å². The van der Waals surface area contributed by atoms with Crippen molar-refractivity contribution in [3.63, 3.8) is 0 Å². The molecular weight excluding hydrogens is 488 g/mol.